The van der Waals surface area contributed by atoms with Crippen LogP contribution in [0.5, 0.6) is 0 Å². The highest BCUT2D eigenvalue weighted by Crippen LogP contribution is 2.33. The molecule has 0 bridgehead atoms. The maximum atomic E-state index is 12.8. The molecule has 4 rings (SSSR count). The van der Waals surface area contributed by atoms with Gasteiger partial charge >= 0.3 is 6.03 Å². The number of rotatable bonds is 3. The SMILES string of the molecule is Cc1cccc(-c2noc([C@H]3CCCN3C(=O)Nc3ccc(Cl)cc3Cl)n2)c1. The molecule has 0 saturated carbocycles. The van der Waals surface area contributed by atoms with Crippen LogP contribution < -0.4 is 5.32 Å². The molecule has 1 fully saturated rings. The van der Waals surface area contributed by atoms with Gasteiger partial charge in [-0.2, -0.15) is 4.98 Å². The van der Waals surface area contributed by atoms with Gasteiger partial charge in [0.2, 0.25) is 11.7 Å². The average molecular weight is 417 g/mol. The first-order chi connectivity index (χ1) is 13.5. The number of nitrogens with one attached hydrogen (secondary N) is 1. The molecule has 28 heavy (non-hydrogen) atoms. The standard InChI is InChI=1S/C20H18Cl2N4O2/c1-12-4-2-5-13(10-12)18-24-19(28-25-18)17-6-3-9-26(17)20(27)23-16-8-7-14(21)11-15(16)22/h2,4-5,7-8,10-11,17H,3,6,9H2,1H3,(H,23,27)/t17-/m1/s1. The van der Waals surface area contributed by atoms with Crippen molar-refractivity contribution in [1.82, 2.24) is 15.0 Å². The van der Waals surface area contributed by atoms with Crippen LogP contribution in [0.3, 0.4) is 0 Å². The Morgan fingerprint density at radius 1 is 1.25 bits per heavy atom. The molecule has 0 radical (unpaired) electrons. The van der Waals surface area contributed by atoms with E-state index >= 15 is 0 Å². The van der Waals surface area contributed by atoms with Crippen molar-refractivity contribution in [3.63, 3.8) is 0 Å². The summed E-state index contributed by atoms with van der Waals surface area (Å²) in [6.45, 7) is 2.61. The molecule has 1 saturated heterocycles. The van der Waals surface area contributed by atoms with Gasteiger partial charge in [-0.05, 0) is 44.0 Å². The lowest BCUT2D eigenvalue weighted by Crippen LogP contribution is -2.34. The second-order valence-corrected chi connectivity index (χ2v) is 7.58. The van der Waals surface area contributed by atoms with Crippen molar-refractivity contribution in [2.75, 3.05) is 11.9 Å². The lowest BCUT2D eigenvalue weighted by atomic mass is 10.1. The van der Waals surface area contributed by atoms with Crippen molar-refractivity contribution in [2.45, 2.75) is 25.8 Å². The van der Waals surface area contributed by atoms with Crippen molar-refractivity contribution < 1.29 is 9.32 Å². The van der Waals surface area contributed by atoms with Gasteiger partial charge in [-0.15, -0.1) is 0 Å². The van der Waals surface area contributed by atoms with E-state index in [-0.39, 0.29) is 12.1 Å². The predicted molar refractivity (Wildman–Crippen MR) is 109 cm³/mol. The van der Waals surface area contributed by atoms with Gasteiger partial charge in [-0.3, -0.25) is 0 Å². The number of amides is 2. The van der Waals surface area contributed by atoms with Gasteiger partial charge in [0, 0.05) is 17.1 Å². The van der Waals surface area contributed by atoms with E-state index in [1.54, 1.807) is 23.1 Å². The van der Waals surface area contributed by atoms with Gasteiger partial charge in [0.25, 0.3) is 0 Å². The molecule has 6 nitrogen and oxygen atoms in total. The first-order valence-electron chi connectivity index (χ1n) is 8.94. The van der Waals surface area contributed by atoms with Gasteiger partial charge in [0.05, 0.1) is 10.7 Å². The molecule has 1 aromatic heterocycles. The minimum atomic E-state index is -0.267. The molecule has 2 aromatic carbocycles. The summed E-state index contributed by atoms with van der Waals surface area (Å²) in [6.07, 6.45) is 1.62. The number of carbonyl (C=O) groups is 1. The molecule has 2 amide bonds. The van der Waals surface area contributed by atoms with E-state index in [9.17, 15) is 4.79 Å². The Morgan fingerprint density at radius 2 is 2.11 bits per heavy atom. The first-order valence-corrected chi connectivity index (χ1v) is 9.70. The number of anilines is 1. The monoisotopic (exact) mass is 416 g/mol. The number of hydrogen-bond donors (Lipinski definition) is 1. The molecule has 0 spiro atoms. The van der Waals surface area contributed by atoms with Crippen LogP contribution in [0, 0.1) is 6.92 Å². The summed E-state index contributed by atoms with van der Waals surface area (Å²) in [4.78, 5) is 19.0. The predicted octanol–water partition coefficient (Wildman–Crippen LogP) is 5.72. The van der Waals surface area contributed by atoms with Crippen LogP contribution in [0.1, 0.15) is 30.3 Å². The molecule has 3 aromatic rings. The van der Waals surface area contributed by atoms with Gasteiger partial charge in [-0.1, -0.05) is 52.1 Å². The summed E-state index contributed by atoms with van der Waals surface area (Å²) in [5, 5.41) is 7.82. The molecule has 1 aliphatic heterocycles. The fourth-order valence-corrected chi connectivity index (χ4v) is 3.77. The van der Waals surface area contributed by atoms with Crippen LogP contribution in [0.15, 0.2) is 47.0 Å². The van der Waals surface area contributed by atoms with Crippen molar-refractivity contribution >= 4 is 34.9 Å². The molecule has 0 aliphatic carbocycles. The smallest absolute Gasteiger partial charge is 0.322 e. The Morgan fingerprint density at radius 3 is 2.89 bits per heavy atom. The molecule has 1 atom stereocenters. The third-order valence-corrected chi connectivity index (χ3v) is 5.24. The minimum Gasteiger partial charge on any atom is -0.337 e. The van der Waals surface area contributed by atoms with E-state index in [1.165, 1.54) is 0 Å². The molecule has 1 aliphatic rings. The maximum Gasteiger partial charge on any atom is 0.322 e. The van der Waals surface area contributed by atoms with Crippen LogP contribution in [-0.4, -0.2) is 27.6 Å². The van der Waals surface area contributed by atoms with Gasteiger partial charge in [0.15, 0.2) is 0 Å². The molecular formula is C20H18Cl2N4O2. The fraction of sp³-hybridized carbons (Fsp3) is 0.250. The van der Waals surface area contributed by atoms with E-state index in [1.807, 2.05) is 31.2 Å². The third kappa shape index (κ3) is 3.84. The Hall–Kier alpha value is -2.57. The Balaban J connectivity index is 1.53. The Bertz CT molecular complexity index is 1020. The fourth-order valence-electron chi connectivity index (χ4n) is 3.32. The number of aryl methyl sites for hydroxylation is 1. The van der Waals surface area contributed by atoms with E-state index < -0.39 is 0 Å². The number of carbonyl (C=O) groups excluding carboxylic acids is 1. The second-order valence-electron chi connectivity index (χ2n) is 6.73. The summed E-state index contributed by atoms with van der Waals surface area (Å²) < 4.78 is 5.49. The zero-order valence-corrected chi connectivity index (χ0v) is 16.7. The first kappa shape index (κ1) is 18.8. The highest BCUT2D eigenvalue weighted by Gasteiger charge is 2.34. The van der Waals surface area contributed by atoms with Crippen molar-refractivity contribution in [3.05, 3.63) is 64.0 Å². The quantitative estimate of drug-likeness (QED) is 0.592. The highest BCUT2D eigenvalue weighted by molar-refractivity contribution is 6.36. The summed E-state index contributed by atoms with van der Waals surface area (Å²) in [5.74, 6) is 0.957. The zero-order valence-electron chi connectivity index (χ0n) is 15.2. The van der Waals surface area contributed by atoms with Gasteiger partial charge in [-0.25, -0.2) is 4.79 Å². The molecule has 1 N–H and O–H groups in total. The topological polar surface area (TPSA) is 71.3 Å². The number of halogens is 2. The number of benzene rings is 2. The lowest BCUT2D eigenvalue weighted by molar-refractivity contribution is 0.193. The highest BCUT2D eigenvalue weighted by atomic mass is 35.5. The van der Waals surface area contributed by atoms with Crippen LogP contribution in [0.25, 0.3) is 11.4 Å². The number of nitrogens with zero attached hydrogens (tertiary/aromatic N) is 3. The molecule has 144 valence electrons. The number of aromatic nitrogens is 2. The van der Waals surface area contributed by atoms with Gasteiger partial charge in [0.1, 0.15) is 6.04 Å². The van der Waals surface area contributed by atoms with Crippen LogP contribution in [0.4, 0.5) is 10.5 Å². The normalized spacial score (nSPS) is 16.4. The van der Waals surface area contributed by atoms with Gasteiger partial charge < -0.3 is 14.7 Å². The largest absolute Gasteiger partial charge is 0.337 e. The summed E-state index contributed by atoms with van der Waals surface area (Å²) in [6, 6.07) is 12.3. The lowest BCUT2D eigenvalue weighted by Gasteiger charge is -2.22. The van der Waals surface area contributed by atoms with Crippen molar-refractivity contribution in [3.8, 4) is 11.4 Å². The summed E-state index contributed by atoms with van der Waals surface area (Å²) in [5.41, 5.74) is 2.51. The second kappa shape index (κ2) is 7.81. The number of urea groups is 1. The van der Waals surface area contributed by atoms with E-state index in [2.05, 4.69) is 15.5 Å². The van der Waals surface area contributed by atoms with Crippen LogP contribution in [-0.2, 0) is 0 Å². The van der Waals surface area contributed by atoms with Crippen LogP contribution in [0.2, 0.25) is 10.0 Å². The Kier molecular flexibility index (Phi) is 5.24. The molecule has 8 heteroatoms. The van der Waals surface area contributed by atoms with E-state index in [0.29, 0.717) is 34.0 Å². The Labute approximate surface area is 172 Å². The number of hydrogen-bond acceptors (Lipinski definition) is 4. The van der Waals surface area contributed by atoms with E-state index in [0.717, 1.165) is 24.0 Å². The molecular weight excluding hydrogens is 399 g/mol. The molecule has 2 heterocycles. The maximum absolute atomic E-state index is 12.8. The summed E-state index contributed by atoms with van der Waals surface area (Å²) >= 11 is 12.1. The summed E-state index contributed by atoms with van der Waals surface area (Å²) in [7, 11) is 0. The van der Waals surface area contributed by atoms with Crippen LogP contribution >= 0.6 is 23.2 Å². The zero-order chi connectivity index (χ0) is 19.7. The molecule has 0 unspecified atom stereocenters. The average Bonchev–Trinajstić information content (AvgIpc) is 3.33. The third-order valence-electron chi connectivity index (χ3n) is 4.69. The number of likely N-dealkylation sites (tertiary alicyclic amines) is 1. The van der Waals surface area contributed by atoms with Crippen molar-refractivity contribution in [2.24, 2.45) is 0 Å². The van der Waals surface area contributed by atoms with Crippen molar-refractivity contribution in [1.29, 1.82) is 0 Å². The van der Waals surface area contributed by atoms with E-state index in [4.69, 9.17) is 27.7 Å². The minimum absolute atomic E-state index is 0.262.